The van der Waals surface area contributed by atoms with E-state index in [1.165, 1.54) is 24.3 Å². The number of aldehydes is 2. The summed E-state index contributed by atoms with van der Waals surface area (Å²) < 4.78 is 0. The van der Waals surface area contributed by atoms with Gasteiger partial charge in [0, 0.05) is 11.1 Å². The van der Waals surface area contributed by atoms with Crippen molar-refractivity contribution in [3.05, 3.63) is 45.4 Å². The summed E-state index contributed by atoms with van der Waals surface area (Å²) >= 11 is 12.8. The molecule has 0 aliphatic rings. The molecule has 2 aromatic carbocycles. The van der Waals surface area contributed by atoms with Crippen LogP contribution in [0.25, 0.3) is 0 Å². The van der Waals surface area contributed by atoms with Gasteiger partial charge < -0.3 is 10.2 Å². The maximum absolute atomic E-state index is 10.7. The minimum Gasteiger partial charge on any atom is -0.507 e. The molecule has 0 fully saturated rings. The maximum atomic E-state index is 10.7. The Labute approximate surface area is 134 Å². The molecule has 0 heterocycles. The summed E-state index contributed by atoms with van der Waals surface area (Å²) in [6, 6.07) is 5.28. The molecule has 0 spiro atoms. The van der Waals surface area contributed by atoms with E-state index in [0.29, 0.717) is 22.4 Å². The van der Waals surface area contributed by atoms with Crippen molar-refractivity contribution in [2.45, 2.75) is 9.79 Å². The maximum Gasteiger partial charge on any atom is 0.151 e. The molecule has 0 saturated carbocycles. The molecule has 0 unspecified atom stereocenters. The molecule has 2 rings (SSSR count). The minimum absolute atomic E-state index is 0.151. The van der Waals surface area contributed by atoms with Crippen LogP contribution in [0.5, 0.6) is 11.5 Å². The first kappa shape index (κ1) is 15.7. The van der Waals surface area contributed by atoms with E-state index in [4.69, 9.17) is 23.2 Å². The number of hydrogen-bond donors (Lipinski definition) is 2. The van der Waals surface area contributed by atoms with Crippen molar-refractivity contribution in [2.24, 2.45) is 0 Å². The van der Waals surface area contributed by atoms with Crippen molar-refractivity contribution in [3.8, 4) is 11.5 Å². The predicted octanol–water partition coefficient (Wildman–Crippen LogP) is 4.18. The average Bonchev–Trinajstić information content (AvgIpc) is 2.45. The Morgan fingerprint density at radius 2 is 1.19 bits per heavy atom. The van der Waals surface area contributed by atoms with Gasteiger partial charge >= 0.3 is 0 Å². The number of rotatable bonds is 4. The van der Waals surface area contributed by atoms with E-state index in [0.717, 1.165) is 11.8 Å². The van der Waals surface area contributed by atoms with Gasteiger partial charge in [-0.1, -0.05) is 35.0 Å². The van der Waals surface area contributed by atoms with Gasteiger partial charge in [0.15, 0.2) is 12.6 Å². The van der Waals surface area contributed by atoms with Crippen molar-refractivity contribution < 1.29 is 19.8 Å². The summed E-state index contributed by atoms with van der Waals surface area (Å²) in [5, 5.41) is 20.1. The van der Waals surface area contributed by atoms with Gasteiger partial charge in [-0.05, 0) is 24.3 Å². The van der Waals surface area contributed by atoms with Gasteiger partial charge in [-0.25, -0.2) is 0 Å². The monoisotopic (exact) mass is 342 g/mol. The van der Waals surface area contributed by atoms with Gasteiger partial charge in [-0.3, -0.25) is 9.59 Å². The Hall–Kier alpha value is -1.69. The van der Waals surface area contributed by atoms with E-state index in [1.807, 2.05) is 0 Å². The van der Waals surface area contributed by atoms with E-state index in [9.17, 15) is 19.8 Å². The van der Waals surface area contributed by atoms with Gasteiger partial charge in [0.25, 0.3) is 0 Å². The summed E-state index contributed by atoms with van der Waals surface area (Å²) in [6.45, 7) is 0. The summed E-state index contributed by atoms with van der Waals surface area (Å²) in [5.41, 5.74) is 0.328. The first-order valence-corrected chi connectivity index (χ1v) is 7.16. The molecule has 0 amide bonds. The molecule has 2 N–H and O–H groups in total. The zero-order chi connectivity index (χ0) is 15.6. The second-order valence-electron chi connectivity index (χ2n) is 4.02. The second kappa shape index (κ2) is 6.39. The third-order valence-electron chi connectivity index (χ3n) is 2.63. The lowest BCUT2D eigenvalue weighted by molar-refractivity contribution is 0.111. The van der Waals surface area contributed by atoms with Crippen molar-refractivity contribution in [1.29, 1.82) is 0 Å². The zero-order valence-corrected chi connectivity index (χ0v) is 12.7. The third-order valence-corrected chi connectivity index (χ3v) is 4.38. The highest BCUT2D eigenvalue weighted by atomic mass is 35.5. The molecule has 7 heteroatoms. The van der Waals surface area contributed by atoms with Crippen LogP contribution in [-0.2, 0) is 0 Å². The number of benzene rings is 2. The largest absolute Gasteiger partial charge is 0.507 e. The molecule has 0 saturated heterocycles. The van der Waals surface area contributed by atoms with Crippen LogP contribution in [0.1, 0.15) is 20.7 Å². The van der Waals surface area contributed by atoms with Crippen LogP contribution in [0, 0.1) is 0 Å². The van der Waals surface area contributed by atoms with E-state index in [-0.39, 0.29) is 32.7 Å². The van der Waals surface area contributed by atoms with Crippen molar-refractivity contribution in [2.75, 3.05) is 0 Å². The molecule has 2 aromatic rings. The van der Waals surface area contributed by atoms with Gasteiger partial charge in [-0.15, -0.1) is 0 Å². The highest BCUT2D eigenvalue weighted by Gasteiger charge is 2.13. The van der Waals surface area contributed by atoms with Crippen molar-refractivity contribution in [1.82, 2.24) is 0 Å². The Balaban J connectivity index is 2.43. The van der Waals surface area contributed by atoms with Crippen LogP contribution < -0.4 is 0 Å². The molecule has 108 valence electrons. The average molecular weight is 343 g/mol. The van der Waals surface area contributed by atoms with Gasteiger partial charge in [0.2, 0.25) is 0 Å². The molecule has 4 nitrogen and oxygen atoms in total. The smallest absolute Gasteiger partial charge is 0.151 e. The molecular formula is C14H8Cl2O4S. The topological polar surface area (TPSA) is 74.6 Å². The summed E-state index contributed by atoms with van der Waals surface area (Å²) in [6.07, 6.45) is 1.06. The fourth-order valence-corrected chi connectivity index (χ4v) is 3.05. The Kier molecular flexibility index (Phi) is 4.77. The first-order valence-electron chi connectivity index (χ1n) is 5.59. The van der Waals surface area contributed by atoms with Gasteiger partial charge in [0.1, 0.15) is 11.5 Å². The van der Waals surface area contributed by atoms with E-state index in [1.54, 1.807) is 0 Å². The molecule has 0 bridgehead atoms. The SMILES string of the molecule is O=Cc1cc(O)c(Sc2cc(Cl)c(C=O)cc2O)cc1Cl. The molecule has 0 radical (unpaired) electrons. The number of carbonyl (C=O) groups is 2. The lowest BCUT2D eigenvalue weighted by Crippen LogP contribution is -1.86. The third kappa shape index (κ3) is 3.32. The molecule has 0 atom stereocenters. The van der Waals surface area contributed by atoms with Crippen LogP contribution in [0.2, 0.25) is 10.0 Å². The summed E-state index contributed by atoms with van der Waals surface area (Å²) in [4.78, 5) is 22.1. The van der Waals surface area contributed by atoms with Crippen LogP contribution in [0.3, 0.4) is 0 Å². The Bertz CT molecular complexity index is 670. The van der Waals surface area contributed by atoms with Gasteiger partial charge in [-0.2, -0.15) is 0 Å². The fourth-order valence-electron chi connectivity index (χ4n) is 1.58. The highest BCUT2D eigenvalue weighted by Crippen LogP contribution is 2.42. The number of halogens is 2. The zero-order valence-electron chi connectivity index (χ0n) is 10.3. The molecule has 0 aliphatic carbocycles. The van der Waals surface area contributed by atoms with Crippen LogP contribution >= 0.6 is 35.0 Å². The molecule has 0 aliphatic heterocycles. The molecule has 21 heavy (non-hydrogen) atoms. The van der Waals surface area contributed by atoms with Gasteiger partial charge in [0.05, 0.1) is 19.8 Å². The van der Waals surface area contributed by atoms with Crippen molar-refractivity contribution in [3.63, 3.8) is 0 Å². The number of carbonyl (C=O) groups excluding carboxylic acids is 2. The fraction of sp³-hybridized carbons (Fsp3) is 0. The lowest BCUT2D eigenvalue weighted by atomic mass is 10.2. The van der Waals surface area contributed by atoms with Crippen LogP contribution in [0.4, 0.5) is 0 Å². The minimum atomic E-state index is -0.151. The number of phenols is 2. The van der Waals surface area contributed by atoms with E-state index >= 15 is 0 Å². The summed E-state index contributed by atoms with van der Waals surface area (Å²) in [7, 11) is 0. The predicted molar refractivity (Wildman–Crippen MR) is 81.1 cm³/mol. The standard InChI is InChI=1S/C14H8Cl2O4S/c15-9-3-13(11(19)1-7(9)5-17)21-14-4-10(16)8(6-18)2-12(14)20/h1-6,19-20H. The quantitative estimate of drug-likeness (QED) is 0.815. The second-order valence-corrected chi connectivity index (χ2v) is 5.92. The van der Waals surface area contributed by atoms with E-state index < -0.39 is 0 Å². The number of hydrogen-bond acceptors (Lipinski definition) is 5. The van der Waals surface area contributed by atoms with Crippen molar-refractivity contribution >= 4 is 47.5 Å². The normalized spacial score (nSPS) is 10.4. The Morgan fingerprint density at radius 3 is 1.52 bits per heavy atom. The van der Waals surface area contributed by atoms with E-state index in [2.05, 4.69) is 0 Å². The number of aromatic hydroxyl groups is 2. The van der Waals surface area contributed by atoms with Crippen LogP contribution in [0.15, 0.2) is 34.1 Å². The van der Waals surface area contributed by atoms with Crippen LogP contribution in [-0.4, -0.2) is 22.8 Å². The lowest BCUT2D eigenvalue weighted by Gasteiger charge is -2.09. The highest BCUT2D eigenvalue weighted by molar-refractivity contribution is 7.99. The summed E-state index contributed by atoms with van der Waals surface area (Å²) in [5.74, 6) is -0.303. The first-order chi connectivity index (χ1) is 9.96. The molecular weight excluding hydrogens is 335 g/mol. The number of phenolic OH excluding ortho intramolecular Hbond substituents is 2. The molecule has 0 aromatic heterocycles. The Morgan fingerprint density at radius 1 is 0.810 bits per heavy atom.